The molecule has 0 bridgehead atoms. The van der Waals surface area contributed by atoms with Crippen LogP contribution in [-0.2, 0) is 6.42 Å². The van der Waals surface area contributed by atoms with Crippen molar-refractivity contribution in [3.05, 3.63) is 18.2 Å². The van der Waals surface area contributed by atoms with E-state index in [2.05, 4.69) is 18.8 Å². The first-order chi connectivity index (χ1) is 6.72. The average molecular weight is 194 g/mol. The van der Waals surface area contributed by atoms with E-state index in [4.69, 9.17) is 0 Å². The van der Waals surface area contributed by atoms with E-state index in [1.807, 2.05) is 10.8 Å². The Morgan fingerprint density at radius 1 is 1.71 bits per heavy atom. The Balaban J connectivity index is 2.17. The van der Waals surface area contributed by atoms with E-state index in [0.717, 1.165) is 18.7 Å². The van der Waals surface area contributed by atoms with Crippen LogP contribution in [-0.4, -0.2) is 14.7 Å². The lowest BCUT2D eigenvalue weighted by Crippen LogP contribution is -2.27. The summed E-state index contributed by atoms with van der Waals surface area (Å²) in [5, 5.41) is 9.89. The standard InChI is InChI=1S/C11H18N2O/c1-3-8(2)9-6-10-12-4-5-13(10)11(14)7-9/h4-5,8-9,11,14H,3,6-7H2,1-2H3. The summed E-state index contributed by atoms with van der Waals surface area (Å²) >= 11 is 0. The predicted molar refractivity (Wildman–Crippen MR) is 54.7 cm³/mol. The molecule has 0 saturated carbocycles. The molecule has 1 aliphatic heterocycles. The zero-order chi connectivity index (χ0) is 10.1. The minimum Gasteiger partial charge on any atom is -0.373 e. The third kappa shape index (κ3) is 1.57. The number of aliphatic hydroxyl groups excluding tert-OH is 1. The molecule has 0 saturated heterocycles. The molecule has 1 N–H and O–H groups in total. The van der Waals surface area contributed by atoms with Gasteiger partial charge in [-0.25, -0.2) is 4.98 Å². The second-order valence-electron chi connectivity index (χ2n) is 4.32. The van der Waals surface area contributed by atoms with Gasteiger partial charge in [0.15, 0.2) is 0 Å². The Morgan fingerprint density at radius 3 is 3.21 bits per heavy atom. The molecule has 3 atom stereocenters. The van der Waals surface area contributed by atoms with Crippen LogP contribution in [0.2, 0.25) is 0 Å². The molecular formula is C11H18N2O. The molecule has 1 aromatic heterocycles. The van der Waals surface area contributed by atoms with Gasteiger partial charge in [-0.3, -0.25) is 0 Å². The third-order valence-electron chi connectivity index (χ3n) is 3.48. The van der Waals surface area contributed by atoms with Gasteiger partial charge in [-0.15, -0.1) is 0 Å². The van der Waals surface area contributed by atoms with Gasteiger partial charge in [-0.2, -0.15) is 0 Å². The zero-order valence-corrected chi connectivity index (χ0v) is 8.85. The molecule has 0 spiro atoms. The molecule has 2 rings (SSSR count). The van der Waals surface area contributed by atoms with Crippen LogP contribution in [0.15, 0.2) is 12.4 Å². The van der Waals surface area contributed by atoms with Crippen molar-refractivity contribution < 1.29 is 5.11 Å². The van der Waals surface area contributed by atoms with Crippen molar-refractivity contribution in [2.45, 2.75) is 39.3 Å². The fourth-order valence-electron chi connectivity index (χ4n) is 2.24. The van der Waals surface area contributed by atoms with Gasteiger partial charge in [0.2, 0.25) is 0 Å². The van der Waals surface area contributed by atoms with Gasteiger partial charge < -0.3 is 9.67 Å². The van der Waals surface area contributed by atoms with Crippen LogP contribution in [0.3, 0.4) is 0 Å². The number of imidazole rings is 1. The Kier molecular flexibility index (Phi) is 2.59. The van der Waals surface area contributed by atoms with E-state index in [9.17, 15) is 5.11 Å². The van der Waals surface area contributed by atoms with Crippen molar-refractivity contribution in [2.24, 2.45) is 11.8 Å². The average Bonchev–Trinajstić information content (AvgIpc) is 2.64. The fraction of sp³-hybridized carbons (Fsp3) is 0.727. The summed E-state index contributed by atoms with van der Waals surface area (Å²) in [6.07, 6.45) is 6.35. The van der Waals surface area contributed by atoms with Crippen LogP contribution < -0.4 is 0 Å². The van der Waals surface area contributed by atoms with E-state index in [1.165, 1.54) is 6.42 Å². The third-order valence-corrected chi connectivity index (χ3v) is 3.48. The number of aromatic nitrogens is 2. The highest BCUT2D eigenvalue weighted by atomic mass is 16.3. The number of hydrogen-bond acceptors (Lipinski definition) is 2. The number of fused-ring (bicyclic) bond motifs is 1. The topological polar surface area (TPSA) is 38.0 Å². The lowest BCUT2D eigenvalue weighted by Gasteiger charge is -2.31. The van der Waals surface area contributed by atoms with E-state index in [0.29, 0.717) is 11.8 Å². The van der Waals surface area contributed by atoms with Gasteiger partial charge in [-0.05, 0) is 18.3 Å². The molecule has 0 aliphatic carbocycles. The maximum atomic E-state index is 9.89. The van der Waals surface area contributed by atoms with Crippen LogP contribution in [0.25, 0.3) is 0 Å². The molecule has 78 valence electrons. The van der Waals surface area contributed by atoms with Crippen LogP contribution in [0.5, 0.6) is 0 Å². The van der Waals surface area contributed by atoms with Gasteiger partial charge in [0.05, 0.1) is 0 Å². The summed E-state index contributed by atoms with van der Waals surface area (Å²) in [6.45, 7) is 4.47. The van der Waals surface area contributed by atoms with Gasteiger partial charge in [0, 0.05) is 18.8 Å². The fourth-order valence-corrected chi connectivity index (χ4v) is 2.24. The second-order valence-corrected chi connectivity index (χ2v) is 4.32. The molecule has 1 aromatic rings. The van der Waals surface area contributed by atoms with Crippen molar-refractivity contribution >= 4 is 0 Å². The Bertz CT molecular complexity index is 308. The van der Waals surface area contributed by atoms with Crippen molar-refractivity contribution in [3.63, 3.8) is 0 Å². The van der Waals surface area contributed by atoms with Gasteiger partial charge in [0.1, 0.15) is 12.1 Å². The molecule has 0 fully saturated rings. The molecule has 14 heavy (non-hydrogen) atoms. The van der Waals surface area contributed by atoms with Crippen LogP contribution in [0.4, 0.5) is 0 Å². The zero-order valence-electron chi connectivity index (χ0n) is 8.85. The Morgan fingerprint density at radius 2 is 2.50 bits per heavy atom. The number of nitrogens with zero attached hydrogens (tertiary/aromatic N) is 2. The smallest absolute Gasteiger partial charge is 0.132 e. The molecule has 3 nitrogen and oxygen atoms in total. The normalized spacial score (nSPS) is 28.5. The molecule has 1 aliphatic rings. The lowest BCUT2D eigenvalue weighted by molar-refractivity contribution is 0.0431. The van der Waals surface area contributed by atoms with Gasteiger partial charge >= 0.3 is 0 Å². The Labute approximate surface area is 84.8 Å². The monoisotopic (exact) mass is 194 g/mol. The molecule has 0 amide bonds. The first kappa shape index (κ1) is 9.71. The molecule has 3 heteroatoms. The predicted octanol–water partition coefficient (Wildman–Crippen LogP) is 1.98. The summed E-state index contributed by atoms with van der Waals surface area (Å²) in [6, 6.07) is 0. The molecule has 3 unspecified atom stereocenters. The summed E-state index contributed by atoms with van der Waals surface area (Å²) < 4.78 is 1.89. The van der Waals surface area contributed by atoms with E-state index >= 15 is 0 Å². The molecule has 2 heterocycles. The van der Waals surface area contributed by atoms with Gasteiger partial charge in [-0.1, -0.05) is 20.3 Å². The number of aliphatic hydroxyl groups is 1. The summed E-state index contributed by atoms with van der Waals surface area (Å²) in [4.78, 5) is 4.28. The molecule has 0 aromatic carbocycles. The minimum absolute atomic E-state index is 0.361. The van der Waals surface area contributed by atoms with Crippen molar-refractivity contribution in [2.75, 3.05) is 0 Å². The van der Waals surface area contributed by atoms with E-state index in [1.54, 1.807) is 6.20 Å². The summed E-state index contributed by atoms with van der Waals surface area (Å²) in [5.41, 5.74) is 0. The number of rotatable bonds is 2. The maximum Gasteiger partial charge on any atom is 0.132 e. The van der Waals surface area contributed by atoms with E-state index < -0.39 is 0 Å². The lowest BCUT2D eigenvalue weighted by atomic mass is 9.84. The van der Waals surface area contributed by atoms with Crippen molar-refractivity contribution in [3.8, 4) is 0 Å². The van der Waals surface area contributed by atoms with Crippen LogP contribution in [0.1, 0.15) is 38.7 Å². The molecular weight excluding hydrogens is 176 g/mol. The largest absolute Gasteiger partial charge is 0.373 e. The van der Waals surface area contributed by atoms with E-state index in [-0.39, 0.29) is 6.23 Å². The van der Waals surface area contributed by atoms with Gasteiger partial charge in [0.25, 0.3) is 0 Å². The highest BCUT2D eigenvalue weighted by molar-refractivity contribution is 4.99. The number of hydrogen-bond donors (Lipinski definition) is 1. The van der Waals surface area contributed by atoms with Crippen LogP contribution in [0, 0.1) is 11.8 Å². The highest BCUT2D eigenvalue weighted by Crippen LogP contribution is 2.32. The minimum atomic E-state index is -0.361. The molecule has 0 radical (unpaired) electrons. The second kappa shape index (κ2) is 3.73. The quantitative estimate of drug-likeness (QED) is 0.781. The summed E-state index contributed by atoms with van der Waals surface area (Å²) in [5.74, 6) is 2.30. The van der Waals surface area contributed by atoms with Crippen LogP contribution >= 0.6 is 0 Å². The Hall–Kier alpha value is -0.830. The SMILES string of the molecule is CCC(C)C1Cc2nccn2C(O)C1. The summed E-state index contributed by atoms with van der Waals surface area (Å²) in [7, 11) is 0. The first-order valence-corrected chi connectivity index (χ1v) is 5.42. The van der Waals surface area contributed by atoms with Crippen molar-refractivity contribution in [1.29, 1.82) is 0 Å². The van der Waals surface area contributed by atoms with Crippen molar-refractivity contribution in [1.82, 2.24) is 9.55 Å². The highest BCUT2D eigenvalue weighted by Gasteiger charge is 2.28. The maximum absolute atomic E-state index is 9.89. The first-order valence-electron chi connectivity index (χ1n) is 5.42.